The summed E-state index contributed by atoms with van der Waals surface area (Å²) in [7, 11) is 1.30. The summed E-state index contributed by atoms with van der Waals surface area (Å²) in [5.41, 5.74) is -2.71. The molecule has 0 unspecified atom stereocenters. The van der Waals surface area contributed by atoms with Crippen molar-refractivity contribution in [3.8, 4) is 0 Å². The third-order valence-electron chi connectivity index (χ3n) is 12.7. The van der Waals surface area contributed by atoms with Crippen LogP contribution in [0.2, 0.25) is 0 Å². The number of furan rings is 1. The number of hydrogen-bond donors (Lipinski definition) is 2. The van der Waals surface area contributed by atoms with Crippen molar-refractivity contribution in [3.63, 3.8) is 0 Å². The summed E-state index contributed by atoms with van der Waals surface area (Å²) in [6.45, 7) is 9.12. The highest BCUT2D eigenvalue weighted by molar-refractivity contribution is 5.87. The van der Waals surface area contributed by atoms with Crippen LogP contribution in [0.5, 0.6) is 0 Å². The van der Waals surface area contributed by atoms with Crippen LogP contribution in [0.25, 0.3) is 0 Å². The molecular weight excluding hydrogens is 560 g/mol. The molecule has 234 valence electrons. The van der Waals surface area contributed by atoms with Crippen LogP contribution >= 0.6 is 0 Å². The van der Waals surface area contributed by atoms with E-state index in [4.69, 9.17) is 28.1 Å². The Balaban J connectivity index is 1.41. The summed E-state index contributed by atoms with van der Waals surface area (Å²) in [6, 6.07) is 1.81. The fourth-order valence-electron chi connectivity index (χ4n) is 10.5. The maximum Gasteiger partial charge on any atom is 0.333 e. The largest absolute Gasteiger partial charge is 0.472 e. The second-order valence-electron chi connectivity index (χ2n) is 14.1. The first-order valence-electron chi connectivity index (χ1n) is 15.1. The maximum absolute atomic E-state index is 13.3. The summed E-state index contributed by atoms with van der Waals surface area (Å²) < 4.78 is 35.6. The van der Waals surface area contributed by atoms with E-state index in [0.717, 1.165) is 5.56 Å². The normalized spacial score (nSPS) is 51.0. The average Bonchev–Trinajstić information content (AvgIpc) is 3.41. The van der Waals surface area contributed by atoms with E-state index in [1.807, 2.05) is 6.92 Å². The molecule has 5 heterocycles. The summed E-state index contributed by atoms with van der Waals surface area (Å²) in [5, 5.41) is 24.2. The van der Waals surface area contributed by atoms with E-state index in [1.165, 1.54) is 7.11 Å². The highest BCUT2D eigenvalue weighted by atomic mass is 16.7. The molecule has 1 aromatic heterocycles. The van der Waals surface area contributed by atoms with Crippen LogP contribution in [-0.2, 0) is 38.1 Å². The zero-order chi connectivity index (χ0) is 30.9. The highest BCUT2D eigenvalue weighted by Crippen LogP contribution is 2.82. The number of aliphatic hydroxyl groups is 2. The van der Waals surface area contributed by atoms with Crippen molar-refractivity contribution in [1.82, 2.24) is 0 Å². The smallest absolute Gasteiger partial charge is 0.333 e. The van der Waals surface area contributed by atoms with Crippen molar-refractivity contribution >= 4 is 17.9 Å². The molecule has 11 nitrogen and oxygen atoms in total. The molecule has 4 aliphatic heterocycles. The van der Waals surface area contributed by atoms with Crippen LogP contribution in [0.15, 0.2) is 34.7 Å². The van der Waals surface area contributed by atoms with Crippen LogP contribution in [0.4, 0.5) is 0 Å². The van der Waals surface area contributed by atoms with E-state index >= 15 is 0 Å². The lowest BCUT2D eigenvalue weighted by atomic mass is 9.34. The number of epoxide rings is 1. The molecule has 7 fully saturated rings. The molecule has 8 rings (SSSR count). The Morgan fingerprint density at radius 3 is 2.58 bits per heavy atom. The molecule has 13 atom stereocenters. The molecule has 43 heavy (non-hydrogen) atoms. The molecule has 1 aromatic rings. The Labute approximate surface area is 249 Å². The lowest BCUT2D eigenvalue weighted by Crippen LogP contribution is -2.85. The van der Waals surface area contributed by atoms with E-state index in [-0.39, 0.29) is 30.6 Å². The maximum atomic E-state index is 13.3. The minimum atomic E-state index is -2.00. The van der Waals surface area contributed by atoms with Gasteiger partial charge in [0.15, 0.2) is 12.1 Å². The zero-order valence-electron chi connectivity index (χ0n) is 25.3. The standard InChI is InChI=1S/C32H40O11/c1-7-15(2)26(35)41-24-22-25-31(42-25)17(8-10-28(3)18(31)12-21(34)40-23(28)16-9-11-39-14-16)30(5)19(13-20(33)38-6)29(24,4)27(36)43-32(22,30)37/h7,9,11,14,17-19,22-25,27,36-37H,8,10,12-13H2,1-6H3/b15-7+/t17-,18-,19+,22-,23+,24-,25-,27+,28-,29+,30-,31-,32-/m1/s1. The van der Waals surface area contributed by atoms with E-state index in [0.29, 0.717) is 18.4 Å². The topological polar surface area (TPSA) is 154 Å². The second-order valence-corrected chi connectivity index (χ2v) is 14.1. The summed E-state index contributed by atoms with van der Waals surface area (Å²) in [5.74, 6) is -5.74. The highest BCUT2D eigenvalue weighted by Gasteiger charge is 2.92. The SMILES string of the molecule is C/C=C(\C)C(=O)O[C@@H]1[C@@H]2[C@H]3O[C@]34[C@@H]3CC(=O)O[C@@H](c5ccoc5)[C@]3(C)CC[C@@H]4[C@]3(C)[C@@H](CC(=O)OC)[C@]1(C)[C@@H](O)O[C@]23O. The molecular formula is C32H40O11. The number of esters is 3. The van der Waals surface area contributed by atoms with Gasteiger partial charge in [0.1, 0.15) is 17.8 Å². The van der Waals surface area contributed by atoms with Crippen LogP contribution in [0.3, 0.4) is 0 Å². The first kappa shape index (κ1) is 29.0. The van der Waals surface area contributed by atoms with Gasteiger partial charge in [0.2, 0.25) is 0 Å². The average molecular weight is 601 g/mol. The van der Waals surface area contributed by atoms with E-state index < -0.39 is 76.0 Å². The van der Waals surface area contributed by atoms with Crippen molar-refractivity contribution in [2.45, 2.75) is 96.3 Å². The number of allylic oxidation sites excluding steroid dienone is 1. The molecule has 0 radical (unpaired) electrons. The van der Waals surface area contributed by atoms with Gasteiger partial charge in [0, 0.05) is 40.2 Å². The molecule has 1 spiro atoms. The van der Waals surface area contributed by atoms with Crippen LogP contribution in [0, 0.1) is 39.9 Å². The number of carbonyl (C=O) groups excluding carboxylic acids is 3. The van der Waals surface area contributed by atoms with Gasteiger partial charge in [0.25, 0.3) is 0 Å². The quantitative estimate of drug-likeness (QED) is 0.222. The van der Waals surface area contributed by atoms with E-state index in [2.05, 4.69) is 6.92 Å². The van der Waals surface area contributed by atoms with Crippen LogP contribution < -0.4 is 0 Å². The first-order valence-corrected chi connectivity index (χ1v) is 15.1. The Kier molecular flexibility index (Phi) is 6.02. The van der Waals surface area contributed by atoms with Gasteiger partial charge in [-0.15, -0.1) is 0 Å². The van der Waals surface area contributed by atoms with Crippen molar-refractivity contribution < 1.29 is 52.7 Å². The number of aliphatic hydroxyl groups excluding tert-OH is 1. The van der Waals surface area contributed by atoms with Gasteiger partial charge in [-0.2, -0.15) is 0 Å². The fraction of sp³-hybridized carbons (Fsp3) is 0.719. The van der Waals surface area contributed by atoms with Gasteiger partial charge in [-0.3, -0.25) is 9.59 Å². The molecule has 0 aromatic carbocycles. The van der Waals surface area contributed by atoms with Crippen molar-refractivity contribution in [1.29, 1.82) is 0 Å². The van der Waals surface area contributed by atoms with Gasteiger partial charge < -0.3 is 38.3 Å². The number of carbonyl (C=O) groups is 3. The number of ether oxygens (including phenoxy) is 5. The summed E-state index contributed by atoms with van der Waals surface area (Å²) in [4.78, 5) is 39.5. The van der Waals surface area contributed by atoms with Gasteiger partial charge in [-0.1, -0.05) is 26.8 Å². The Bertz CT molecular complexity index is 1400. The van der Waals surface area contributed by atoms with Crippen molar-refractivity contribution in [3.05, 3.63) is 35.8 Å². The van der Waals surface area contributed by atoms with Crippen molar-refractivity contribution in [2.24, 2.45) is 39.9 Å². The van der Waals surface area contributed by atoms with E-state index in [9.17, 15) is 24.6 Å². The van der Waals surface area contributed by atoms with Gasteiger partial charge in [-0.25, -0.2) is 4.79 Å². The number of cyclic esters (lactones) is 1. The number of hydrogen-bond acceptors (Lipinski definition) is 11. The van der Waals surface area contributed by atoms with Crippen LogP contribution in [0.1, 0.15) is 72.0 Å². The molecule has 7 aliphatic rings. The molecule has 0 amide bonds. The molecule has 4 bridgehead atoms. The fourth-order valence-corrected chi connectivity index (χ4v) is 10.5. The number of fused-ring (bicyclic) bond motifs is 2. The second kappa shape index (κ2) is 8.93. The lowest BCUT2D eigenvalue weighted by Gasteiger charge is -2.75. The first-order chi connectivity index (χ1) is 20.2. The Morgan fingerprint density at radius 1 is 1.19 bits per heavy atom. The van der Waals surface area contributed by atoms with Gasteiger partial charge >= 0.3 is 17.9 Å². The summed E-state index contributed by atoms with van der Waals surface area (Å²) in [6.07, 6.45) is 2.19. The lowest BCUT2D eigenvalue weighted by molar-refractivity contribution is -0.494. The van der Waals surface area contributed by atoms with Gasteiger partial charge in [0.05, 0.1) is 43.5 Å². The third-order valence-corrected chi connectivity index (χ3v) is 12.7. The minimum absolute atomic E-state index is 0.115. The Morgan fingerprint density at radius 2 is 1.93 bits per heavy atom. The zero-order valence-corrected chi connectivity index (χ0v) is 25.3. The summed E-state index contributed by atoms with van der Waals surface area (Å²) >= 11 is 0. The number of rotatable bonds is 5. The molecule has 3 saturated carbocycles. The molecule has 2 N–H and O–H groups in total. The molecule has 11 heteroatoms. The number of methoxy groups -OCH3 is 1. The minimum Gasteiger partial charge on any atom is -0.472 e. The third kappa shape index (κ3) is 3.26. The predicted molar refractivity (Wildman–Crippen MR) is 145 cm³/mol. The van der Waals surface area contributed by atoms with Crippen molar-refractivity contribution in [2.75, 3.05) is 7.11 Å². The molecule has 3 aliphatic carbocycles. The Hall–Kier alpha value is -2.73. The monoisotopic (exact) mass is 600 g/mol. The molecule has 4 saturated heterocycles. The van der Waals surface area contributed by atoms with Gasteiger partial charge in [-0.05, 0) is 38.7 Å². The van der Waals surface area contributed by atoms with E-state index in [1.54, 1.807) is 45.4 Å². The predicted octanol–water partition coefficient (Wildman–Crippen LogP) is 3.19. The van der Waals surface area contributed by atoms with Crippen LogP contribution in [-0.4, -0.2) is 65.1 Å².